The summed E-state index contributed by atoms with van der Waals surface area (Å²) in [6.45, 7) is 0.790. The summed E-state index contributed by atoms with van der Waals surface area (Å²) >= 11 is 0. The maximum atomic E-state index is 14.2. The lowest BCUT2D eigenvalue weighted by atomic mass is 9.79. The summed E-state index contributed by atoms with van der Waals surface area (Å²) in [5.41, 5.74) is 0.457. The van der Waals surface area contributed by atoms with Gasteiger partial charge in [-0.1, -0.05) is 25.0 Å². The van der Waals surface area contributed by atoms with Crippen LogP contribution >= 0.6 is 0 Å². The molecule has 222 valence electrons. The summed E-state index contributed by atoms with van der Waals surface area (Å²) < 4.78 is 28.4. The van der Waals surface area contributed by atoms with E-state index >= 15 is 0 Å². The van der Waals surface area contributed by atoms with E-state index in [9.17, 15) is 28.0 Å². The summed E-state index contributed by atoms with van der Waals surface area (Å²) in [4.78, 5) is 57.7. The molecule has 6 rings (SSSR count). The van der Waals surface area contributed by atoms with Crippen molar-refractivity contribution in [1.82, 2.24) is 15.2 Å². The number of nitrogens with one attached hydrogen (secondary N) is 3. The molecule has 11 heteroatoms. The van der Waals surface area contributed by atoms with Crippen molar-refractivity contribution in [3.63, 3.8) is 0 Å². The average Bonchev–Trinajstić information content (AvgIpc) is 3.69. The van der Waals surface area contributed by atoms with E-state index in [4.69, 9.17) is 0 Å². The number of aromatic nitrogens is 1. The number of aldehydes is 1. The molecular formula is C32H31F2N5O4. The van der Waals surface area contributed by atoms with Crippen molar-refractivity contribution in [2.45, 2.75) is 62.4 Å². The molecule has 2 aromatic carbocycles. The van der Waals surface area contributed by atoms with Gasteiger partial charge in [0.05, 0.1) is 5.41 Å². The summed E-state index contributed by atoms with van der Waals surface area (Å²) in [5.74, 6) is -1.98. The third kappa shape index (κ3) is 5.13. The maximum Gasteiger partial charge on any atom is 0.319 e. The number of amides is 4. The average molecular weight is 588 g/mol. The quantitative estimate of drug-likeness (QED) is 0.355. The molecule has 2 heterocycles. The van der Waals surface area contributed by atoms with Crippen LogP contribution in [0.1, 0.15) is 54.9 Å². The van der Waals surface area contributed by atoms with E-state index < -0.39 is 41.1 Å². The van der Waals surface area contributed by atoms with Gasteiger partial charge in [0.25, 0.3) is 0 Å². The van der Waals surface area contributed by atoms with Crippen LogP contribution < -0.4 is 16.0 Å². The number of carbonyl (C=O) groups excluding carboxylic acids is 4. The highest BCUT2D eigenvalue weighted by atomic mass is 19.1. The molecule has 2 aliphatic carbocycles. The smallest absolute Gasteiger partial charge is 0.319 e. The Kier molecular flexibility index (Phi) is 7.19. The van der Waals surface area contributed by atoms with Crippen molar-refractivity contribution in [2.24, 2.45) is 0 Å². The largest absolute Gasteiger partial charge is 0.335 e. The minimum Gasteiger partial charge on any atom is -0.335 e. The molecule has 1 spiro atoms. The highest BCUT2D eigenvalue weighted by molar-refractivity contribution is 6.06. The summed E-state index contributed by atoms with van der Waals surface area (Å²) in [6, 6.07) is 10.9. The standard InChI is InChI=1S/C32H31F2N5O4/c1-31(18-40,21-12-22(33)14-23(34)13-21)39(30(43)37-24-5-2-3-6-24)17-27(41)36-25-9-8-19-15-32(16-20(19)11-25)26-7-4-10-35-28(26)38-29(32)42/h4,7-14,18,24H,2-3,5-6,15-17H2,1H3,(H,36,41)(H,37,43)(H,35,38,42)/t31?,32-/m1/s1. The molecule has 4 amide bonds. The Balaban J connectivity index is 1.24. The highest BCUT2D eigenvalue weighted by Crippen LogP contribution is 2.47. The first kappa shape index (κ1) is 28.4. The molecular weight excluding hydrogens is 556 g/mol. The number of nitrogens with zero attached hydrogens (tertiary/aromatic N) is 2. The molecule has 43 heavy (non-hydrogen) atoms. The van der Waals surface area contributed by atoms with Gasteiger partial charge in [0, 0.05) is 29.6 Å². The first-order valence-electron chi connectivity index (χ1n) is 14.3. The van der Waals surface area contributed by atoms with Gasteiger partial charge in [0.2, 0.25) is 11.8 Å². The number of fused-ring (bicyclic) bond motifs is 3. The number of halogens is 2. The fourth-order valence-corrected chi connectivity index (χ4v) is 6.59. The van der Waals surface area contributed by atoms with Crippen molar-refractivity contribution in [3.05, 3.63) is 88.6 Å². The predicted octanol–water partition coefficient (Wildman–Crippen LogP) is 4.36. The zero-order valence-electron chi connectivity index (χ0n) is 23.6. The summed E-state index contributed by atoms with van der Waals surface area (Å²) in [7, 11) is 0. The maximum absolute atomic E-state index is 14.2. The minimum atomic E-state index is -1.84. The first-order valence-corrected chi connectivity index (χ1v) is 14.3. The molecule has 0 bridgehead atoms. The van der Waals surface area contributed by atoms with E-state index in [1.54, 1.807) is 24.4 Å². The topological polar surface area (TPSA) is 120 Å². The lowest BCUT2D eigenvalue weighted by Crippen LogP contribution is -2.56. The van der Waals surface area contributed by atoms with Crippen LogP contribution in [0.4, 0.5) is 25.1 Å². The highest BCUT2D eigenvalue weighted by Gasteiger charge is 2.51. The molecule has 1 saturated carbocycles. The molecule has 1 aliphatic heterocycles. The van der Waals surface area contributed by atoms with Crippen molar-refractivity contribution in [3.8, 4) is 0 Å². The van der Waals surface area contributed by atoms with Crippen molar-refractivity contribution in [1.29, 1.82) is 0 Å². The van der Waals surface area contributed by atoms with Crippen LogP contribution in [-0.2, 0) is 38.2 Å². The number of hydrogen-bond acceptors (Lipinski definition) is 5. The molecule has 3 aromatic rings. The van der Waals surface area contributed by atoms with Crippen molar-refractivity contribution in [2.75, 3.05) is 17.2 Å². The van der Waals surface area contributed by atoms with Crippen LogP contribution in [-0.4, -0.2) is 46.6 Å². The van der Waals surface area contributed by atoms with E-state index in [0.717, 1.165) is 59.4 Å². The van der Waals surface area contributed by atoms with E-state index in [1.807, 2.05) is 12.1 Å². The zero-order valence-corrected chi connectivity index (χ0v) is 23.6. The van der Waals surface area contributed by atoms with E-state index in [0.29, 0.717) is 36.7 Å². The molecule has 0 saturated heterocycles. The molecule has 3 aliphatic rings. The van der Waals surface area contributed by atoms with Gasteiger partial charge in [-0.05, 0) is 79.6 Å². The Morgan fingerprint density at radius 2 is 1.81 bits per heavy atom. The van der Waals surface area contributed by atoms with Crippen LogP contribution in [0, 0.1) is 11.6 Å². The van der Waals surface area contributed by atoms with Gasteiger partial charge in [-0.15, -0.1) is 0 Å². The number of anilines is 2. The number of hydrogen-bond donors (Lipinski definition) is 3. The van der Waals surface area contributed by atoms with Gasteiger partial charge in [-0.2, -0.15) is 0 Å². The van der Waals surface area contributed by atoms with Crippen LogP contribution in [0.15, 0.2) is 54.7 Å². The normalized spacial score (nSPS) is 20.2. The monoisotopic (exact) mass is 587 g/mol. The van der Waals surface area contributed by atoms with Gasteiger partial charge < -0.3 is 20.7 Å². The SMILES string of the molecule is CC(C=O)(c1cc(F)cc(F)c1)N(CC(=O)Nc1ccc2c(c1)C[C@@]1(C2)C(=O)Nc2ncccc21)C(=O)NC1CCCC1. The predicted molar refractivity (Wildman–Crippen MR) is 154 cm³/mol. The van der Waals surface area contributed by atoms with Crippen LogP contribution in [0.3, 0.4) is 0 Å². The first-order chi connectivity index (χ1) is 20.6. The molecule has 9 nitrogen and oxygen atoms in total. The summed E-state index contributed by atoms with van der Waals surface area (Å²) in [5, 5.41) is 8.54. The third-order valence-electron chi connectivity index (χ3n) is 8.93. The van der Waals surface area contributed by atoms with Gasteiger partial charge in [-0.25, -0.2) is 18.6 Å². The molecule has 1 unspecified atom stereocenters. The van der Waals surface area contributed by atoms with Crippen LogP contribution in [0.5, 0.6) is 0 Å². The molecule has 2 atom stereocenters. The van der Waals surface area contributed by atoms with Crippen LogP contribution in [0.25, 0.3) is 0 Å². The van der Waals surface area contributed by atoms with E-state index in [1.165, 1.54) is 6.92 Å². The third-order valence-corrected chi connectivity index (χ3v) is 8.93. The fraction of sp³-hybridized carbons (Fsp3) is 0.344. The number of carbonyl (C=O) groups is 4. The number of benzene rings is 2. The van der Waals surface area contributed by atoms with Crippen molar-refractivity contribution >= 4 is 35.6 Å². The van der Waals surface area contributed by atoms with E-state index in [2.05, 4.69) is 20.9 Å². The number of urea groups is 1. The van der Waals surface area contributed by atoms with Crippen molar-refractivity contribution < 1.29 is 28.0 Å². The Hall–Kier alpha value is -4.67. The molecule has 3 N–H and O–H groups in total. The second-order valence-corrected chi connectivity index (χ2v) is 11.8. The lowest BCUT2D eigenvalue weighted by molar-refractivity contribution is -0.122. The number of pyridine rings is 1. The Labute approximate surface area is 247 Å². The molecule has 1 fully saturated rings. The number of rotatable bonds is 7. The summed E-state index contributed by atoms with van der Waals surface area (Å²) in [6.07, 6.45) is 6.37. The molecule has 1 aromatic heterocycles. The van der Waals surface area contributed by atoms with Crippen LogP contribution in [0.2, 0.25) is 0 Å². The van der Waals surface area contributed by atoms with Gasteiger partial charge in [0.15, 0.2) is 0 Å². The minimum absolute atomic E-state index is 0.0955. The lowest BCUT2D eigenvalue weighted by Gasteiger charge is -2.38. The van der Waals surface area contributed by atoms with E-state index in [-0.39, 0.29) is 17.5 Å². The Morgan fingerprint density at radius 3 is 2.53 bits per heavy atom. The Bertz CT molecular complexity index is 1620. The van der Waals surface area contributed by atoms with Gasteiger partial charge >= 0.3 is 6.03 Å². The zero-order chi connectivity index (χ0) is 30.4. The Morgan fingerprint density at radius 1 is 1.09 bits per heavy atom. The molecule has 0 radical (unpaired) electrons. The fourth-order valence-electron chi connectivity index (χ4n) is 6.59. The van der Waals surface area contributed by atoms with Gasteiger partial charge in [-0.3, -0.25) is 14.5 Å². The van der Waals surface area contributed by atoms with Gasteiger partial charge in [0.1, 0.15) is 35.8 Å². The second-order valence-electron chi connectivity index (χ2n) is 11.8. The second kappa shape index (κ2) is 10.9.